The van der Waals surface area contributed by atoms with Gasteiger partial charge in [0.15, 0.2) is 0 Å². The van der Waals surface area contributed by atoms with E-state index in [1.807, 2.05) is 0 Å². The first kappa shape index (κ1) is 21.3. The van der Waals surface area contributed by atoms with E-state index in [1.165, 1.54) is 11.1 Å². The van der Waals surface area contributed by atoms with Gasteiger partial charge < -0.3 is 0 Å². The van der Waals surface area contributed by atoms with E-state index >= 15 is 0 Å². The number of benzene rings is 1. The Morgan fingerprint density at radius 1 is 1.08 bits per heavy atom. The Morgan fingerprint density at radius 3 is 2.46 bits per heavy atom. The van der Waals surface area contributed by atoms with Crippen LogP contribution in [0.4, 0.5) is 0 Å². The van der Waals surface area contributed by atoms with Gasteiger partial charge in [0, 0.05) is 0 Å². The van der Waals surface area contributed by atoms with E-state index in [0.29, 0.717) is 17.8 Å². The van der Waals surface area contributed by atoms with Crippen LogP contribution in [0, 0.1) is 17.3 Å². The van der Waals surface area contributed by atoms with Crippen molar-refractivity contribution in [3.63, 3.8) is 0 Å². The summed E-state index contributed by atoms with van der Waals surface area (Å²) in [7, 11) is 25.7. The van der Waals surface area contributed by atoms with E-state index in [2.05, 4.69) is 13.0 Å². The van der Waals surface area contributed by atoms with E-state index in [0.717, 1.165) is 44.7 Å². The molecule has 1 aromatic carbocycles. The molecule has 2 nitrogen and oxygen atoms in total. The first-order valence-corrected chi connectivity index (χ1v) is 42.3. The van der Waals surface area contributed by atoms with Gasteiger partial charge in [-0.3, -0.25) is 0 Å². The Bertz CT molecular complexity index is 730. The van der Waals surface area contributed by atoms with Crippen molar-refractivity contribution in [2.45, 2.75) is 57.5 Å². The Kier molecular flexibility index (Phi) is 6.48. The molecule has 4 rings (SSSR count). The van der Waals surface area contributed by atoms with Crippen molar-refractivity contribution in [2.24, 2.45) is 17.3 Å². The third-order valence-corrected chi connectivity index (χ3v) is 26.8. The van der Waals surface area contributed by atoms with Gasteiger partial charge in [0.1, 0.15) is 0 Å². The first-order valence-electron chi connectivity index (χ1n) is 9.71. The van der Waals surface area contributed by atoms with E-state index in [1.54, 1.807) is 0 Å². The van der Waals surface area contributed by atoms with E-state index in [-0.39, 0.29) is 17.3 Å². The van der Waals surface area contributed by atoms with Gasteiger partial charge in [-0.2, -0.15) is 0 Å². The summed E-state index contributed by atoms with van der Waals surface area (Å²) in [6.45, 7) is 2.28. The monoisotopic (exact) mass is 814 g/mol. The van der Waals surface area contributed by atoms with Crippen LogP contribution in [0.2, 0.25) is 0 Å². The van der Waals surface area contributed by atoms with E-state index in [9.17, 15) is 10.2 Å². The number of phenols is 1. The SMILES string of the molecule is C[C@]12CC[C@@H]3c4c[c]([Hg]([Cl])[Cl])c(O)[c]([Hg]([Cl])[Cl])c4CC[C@H]3[C@@H]1CC[C@H]2O. The number of aliphatic hydroxyl groups is 1. The maximum atomic E-state index is 10.8. The summed E-state index contributed by atoms with van der Waals surface area (Å²) >= 11 is -6.35. The molecule has 3 aliphatic rings. The molecule has 0 heterocycles. The number of hydrogen-bond acceptors (Lipinski definition) is 2. The van der Waals surface area contributed by atoms with Gasteiger partial charge in [-0.15, -0.1) is 0 Å². The van der Waals surface area contributed by atoms with Gasteiger partial charge in [0.2, 0.25) is 0 Å². The third-order valence-electron chi connectivity index (χ3n) is 7.70. The minimum absolute atomic E-state index is 0.0609. The van der Waals surface area contributed by atoms with Crippen LogP contribution in [0.3, 0.4) is 0 Å². The van der Waals surface area contributed by atoms with Crippen molar-refractivity contribution < 1.29 is 51.3 Å². The van der Waals surface area contributed by atoms with Crippen LogP contribution in [0.25, 0.3) is 0 Å². The number of fused-ring (bicyclic) bond motifs is 5. The molecule has 2 N–H and O–H groups in total. The van der Waals surface area contributed by atoms with Crippen molar-refractivity contribution in [2.75, 3.05) is 0 Å². The summed E-state index contributed by atoms with van der Waals surface area (Å²) in [6, 6.07) is 2.11. The molecule has 0 bridgehead atoms. The molecule has 3 aliphatic carbocycles. The molecule has 1 aromatic rings. The second-order valence-corrected chi connectivity index (χ2v) is 43.7. The fourth-order valence-corrected chi connectivity index (χ4v) is 26.6. The zero-order chi connectivity index (χ0) is 18.8. The number of rotatable bonds is 2. The molecule has 0 aliphatic heterocycles. The average molecular weight is 813 g/mol. The van der Waals surface area contributed by atoms with Crippen LogP contribution in [0.5, 0.6) is 5.75 Å². The molecule has 8 heteroatoms. The van der Waals surface area contributed by atoms with Crippen LogP contribution in [0.1, 0.15) is 56.1 Å². The van der Waals surface area contributed by atoms with Gasteiger partial charge in [-0.1, -0.05) is 0 Å². The second-order valence-electron chi connectivity index (χ2n) is 8.72. The van der Waals surface area contributed by atoms with Gasteiger partial charge in [0.25, 0.3) is 0 Å². The van der Waals surface area contributed by atoms with Crippen molar-refractivity contribution in [3.8, 4) is 5.75 Å². The number of halogens is 4. The quantitative estimate of drug-likeness (QED) is 0.426. The Labute approximate surface area is 185 Å². The van der Waals surface area contributed by atoms with Crippen molar-refractivity contribution in [3.05, 3.63) is 17.2 Å². The van der Waals surface area contributed by atoms with Gasteiger partial charge in [-0.05, 0) is 0 Å². The molecule has 0 radical (unpaired) electrons. The Hall–Kier alpha value is 2.01. The molecule has 138 valence electrons. The van der Waals surface area contributed by atoms with Crippen LogP contribution in [-0.2, 0) is 47.5 Å². The molecule has 0 saturated heterocycles. The molecular weight excluding hydrogens is 791 g/mol. The molecule has 2 saturated carbocycles. The average Bonchev–Trinajstić information content (AvgIpc) is 2.88. The Morgan fingerprint density at radius 2 is 1.81 bits per heavy atom. The van der Waals surface area contributed by atoms with Crippen LogP contribution in [-0.4, -0.2) is 16.3 Å². The number of hydrogen-bond donors (Lipinski definition) is 2. The third kappa shape index (κ3) is 3.32. The summed E-state index contributed by atoms with van der Waals surface area (Å²) in [6.07, 6.45) is 6.03. The molecule has 2 fully saturated rings. The van der Waals surface area contributed by atoms with Gasteiger partial charge >= 0.3 is 188 Å². The predicted molar refractivity (Wildman–Crippen MR) is 101 cm³/mol. The predicted octanol–water partition coefficient (Wildman–Crippen LogP) is 4.71. The molecule has 0 spiro atoms. The zero-order valence-electron chi connectivity index (χ0n) is 14.9. The van der Waals surface area contributed by atoms with Crippen molar-refractivity contribution >= 4 is 39.1 Å². The van der Waals surface area contributed by atoms with Gasteiger partial charge in [-0.25, -0.2) is 0 Å². The number of phenolic OH excluding ortho intramolecular Hbond substituents is 1. The molecular formula is C18H22Cl4Hg2O2. The van der Waals surface area contributed by atoms with E-state index < -0.39 is 41.1 Å². The fraction of sp³-hybridized carbons (Fsp3) is 0.667. The van der Waals surface area contributed by atoms with Crippen LogP contribution in [0.15, 0.2) is 6.07 Å². The molecule has 0 amide bonds. The Balaban J connectivity index is 1.81. The number of aliphatic hydroxyl groups excluding tert-OH is 1. The van der Waals surface area contributed by atoms with Crippen LogP contribution < -0.4 is 6.14 Å². The van der Waals surface area contributed by atoms with E-state index in [4.69, 9.17) is 33.0 Å². The van der Waals surface area contributed by atoms with Crippen LogP contribution >= 0.6 is 33.0 Å². The summed E-state index contributed by atoms with van der Waals surface area (Å²) in [4.78, 5) is 0. The molecule has 0 aromatic heterocycles. The molecule has 5 atom stereocenters. The standard InChI is InChI=1S/C18H22O2.4ClH.2Hg/c1-18-9-8-14-13-5-3-12(19)10-11(13)2-4-15(14)16(18)6-7-17(18)20;;;;;;/h5,14-17,19-20H,2,4,6-9H2,1H3;4*1H;;/q;;;;;2*+2/p-4/t14-,15-,16+,17-,18+;;;;;;/m1....../s1. The summed E-state index contributed by atoms with van der Waals surface area (Å²) in [5.74, 6) is 1.87. The first-order chi connectivity index (χ1) is 12.3. The molecule has 26 heavy (non-hydrogen) atoms. The zero-order valence-corrected chi connectivity index (χ0v) is 29.0. The second kappa shape index (κ2) is 7.93. The summed E-state index contributed by atoms with van der Waals surface area (Å²) in [5.41, 5.74) is 2.58. The van der Waals surface area contributed by atoms with Gasteiger partial charge in [0.05, 0.1) is 0 Å². The normalized spacial score (nSPS) is 35.5. The topological polar surface area (TPSA) is 40.5 Å². The van der Waals surface area contributed by atoms with Crippen molar-refractivity contribution in [1.82, 2.24) is 0 Å². The summed E-state index contributed by atoms with van der Waals surface area (Å²) in [5, 5.41) is 21.3. The minimum atomic E-state index is -3.19. The number of aromatic hydroxyl groups is 1. The summed E-state index contributed by atoms with van der Waals surface area (Å²) < 4.78 is 1.65. The fourth-order valence-electron chi connectivity index (χ4n) is 6.33. The molecule has 0 unspecified atom stereocenters. The van der Waals surface area contributed by atoms with Crippen molar-refractivity contribution in [1.29, 1.82) is 0 Å². The maximum absolute atomic E-state index is 10.8.